The highest BCUT2D eigenvalue weighted by atomic mass is 35.5. The Morgan fingerprint density at radius 3 is 2.48 bits per heavy atom. The van der Waals surface area contributed by atoms with Crippen molar-refractivity contribution in [2.75, 3.05) is 31.9 Å². The largest absolute Gasteiger partial charge is 0.459 e. The van der Waals surface area contributed by atoms with Crippen LogP contribution in [0.25, 0.3) is 5.69 Å². The summed E-state index contributed by atoms with van der Waals surface area (Å²) in [5.74, 6) is 0.346. The fraction of sp³-hybridized carbons (Fsp3) is 0.278. The second-order valence-electron chi connectivity index (χ2n) is 6.29. The van der Waals surface area contributed by atoms with E-state index >= 15 is 0 Å². The molecule has 0 radical (unpaired) electrons. The Labute approximate surface area is 175 Å². The highest BCUT2D eigenvalue weighted by Crippen LogP contribution is 2.20. The number of amides is 2. The van der Waals surface area contributed by atoms with Crippen molar-refractivity contribution in [2.24, 2.45) is 0 Å². The summed E-state index contributed by atoms with van der Waals surface area (Å²) in [6, 6.07) is 10.4. The van der Waals surface area contributed by atoms with E-state index in [2.05, 4.69) is 15.5 Å². The average molecular weight is 433 g/mol. The fourth-order valence-electron chi connectivity index (χ4n) is 2.95. The summed E-state index contributed by atoms with van der Waals surface area (Å²) in [5.41, 5.74) is 0.763. The van der Waals surface area contributed by atoms with Crippen molar-refractivity contribution in [3.63, 3.8) is 0 Å². The smallest absolute Gasteiger partial charge is 0.289 e. The van der Waals surface area contributed by atoms with E-state index in [-0.39, 0.29) is 17.6 Å². The third-order valence-corrected chi connectivity index (χ3v) is 5.64. The third kappa shape index (κ3) is 4.43. The van der Waals surface area contributed by atoms with Gasteiger partial charge in [0.2, 0.25) is 11.1 Å². The van der Waals surface area contributed by atoms with Gasteiger partial charge in [-0.3, -0.25) is 9.59 Å². The Hall–Kier alpha value is -2.85. The molecule has 0 saturated carbocycles. The summed E-state index contributed by atoms with van der Waals surface area (Å²) >= 11 is 7.18. The quantitative estimate of drug-likeness (QED) is 0.568. The fourth-order valence-corrected chi connectivity index (χ4v) is 3.87. The lowest BCUT2D eigenvalue weighted by molar-refractivity contribution is -0.129. The third-order valence-electron chi connectivity index (χ3n) is 4.49. The van der Waals surface area contributed by atoms with Crippen LogP contribution >= 0.6 is 23.4 Å². The molecule has 1 saturated heterocycles. The van der Waals surface area contributed by atoms with Gasteiger partial charge in [0.1, 0.15) is 0 Å². The Bertz CT molecular complexity index is 983. The predicted octanol–water partition coefficient (Wildman–Crippen LogP) is 1.99. The maximum absolute atomic E-state index is 12.6. The van der Waals surface area contributed by atoms with Gasteiger partial charge < -0.3 is 14.2 Å². The van der Waals surface area contributed by atoms with Gasteiger partial charge in [0, 0.05) is 31.2 Å². The minimum Gasteiger partial charge on any atom is -0.459 e. The van der Waals surface area contributed by atoms with E-state index in [1.54, 1.807) is 50.9 Å². The molecule has 1 aliphatic rings. The average Bonchev–Trinajstić information content (AvgIpc) is 3.44. The number of thioether (sulfide) groups is 1. The van der Waals surface area contributed by atoms with E-state index in [0.717, 1.165) is 5.69 Å². The SMILES string of the molecule is O=C(CSc1nnnn1-c1ccc(Cl)cc1)N1CCN(C(=O)c2ccco2)CC1. The lowest BCUT2D eigenvalue weighted by atomic mass is 10.3. The molecule has 0 aliphatic carbocycles. The molecule has 3 aromatic rings. The van der Waals surface area contributed by atoms with E-state index in [0.29, 0.717) is 42.1 Å². The second-order valence-corrected chi connectivity index (χ2v) is 7.67. The molecule has 2 aromatic heterocycles. The van der Waals surface area contributed by atoms with E-state index in [1.165, 1.54) is 18.0 Å². The molecule has 4 rings (SSSR count). The lowest BCUT2D eigenvalue weighted by Crippen LogP contribution is -2.51. The molecule has 1 aliphatic heterocycles. The minimum absolute atomic E-state index is 0.0225. The van der Waals surface area contributed by atoms with Gasteiger partial charge in [-0.05, 0) is 46.8 Å². The molecule has 1 fully saturated rings. The Morgan fingerprint density at radius 1 is 1.07 bits per heavy atom. The minimum atomic E-state index is -0.154. The van der Waals surface area contributed by atoms with Crippen molar-refractivity contribution in [1.29, 1.82) is 0 Å². The van der Waals surface area contributed by atoms with Crippen LogP contribution in [-0.2, 0) is 4.79 Å². The summed E-state index contributed by atoms with van der Waals surface area (Å²) in [6.45, 7) is 1.90. The van der Waals surface area contributed by atoms with Gasteiger partial charge in [-0.25, -0.2) is 0 Å². The number of furan rings is 1. The normalized spacial score (nSPS) is 14.2. The molecule has 0 bridgehead atoms. The maximum Gasteiger partial charge on any atom is 0.289 e. The first-order valence-electron chi connectivity index (χ1n) is 8.89. The Morgan fingerprint density at radius 2 is 1.79 bits per heavy atom. The van der Waals surface area contributed by atoms with Crippen LogP contribution in [0.5, 0.6) is 0 Å². The molecule has 2 amide bonds. The number of aromatic nitrogens is 4. The number of hydrogen-bond acceptors (Lipinski definition) is 7. The second kappa shape index (κ2) is 8.66. The van der Waals surface area contributed by atoms with Gasteiger partial charge in [-0.1, -0.05) is 23.4 Å². The van der Waals surface area contributed by atoms with Crippen molar-refractivity contribution >= 4 is 35.2 Å². The van der Waals surface area contributed by atoms with Crippen LogP contribution in [0.3, 0.4) is 0 Å². The number of hydrogen-bond donors (Lipinski definition) is 0. The molecule has 0 N–H and O–H groups in total. The molecule has 0 atom stereocenters. The Balaban J connectivity index is 1.31. The molecular weight excluding hydrogens is 416 g/mol. The molecule has 11 heteroatoms. The molecule has 3 heterocycles. The molecule has 150 valence electrons. The number of carbonyl (C=O) groups excluding carboxylic acids is 2. The first-order valence-corrected chi connectivity index (χ1v) is 10.3. The van der Waals surface area contributed by atoms with Crippen molar-refractivity contribution in [1.82, 2.24) is 30.0 Å². The molecule has 29 heavy (non-hydrogen) atoms. The van der Waals surface area contributed by atoms with Crippen molar-refractivity contribution in [3.8, 4) is 5.69 Å². The zero-order valence-corrected chi connectivity index (χ0v) is 16.8. The number of rotatable bonds is 5. The van der Waals surface area contributed by atoms with Crippen LogP contribution in [0.2, 0.25) is 5.02 Å². The zero-order chi connectivity index (χ0) is 20.2. The summed E-state index contributed by atoms with van der Waals surface area (Å²) < 4.78 is 6.72. The highest BCUT2D eigenvalue weighted by molar-refractivity contribution is 7.99. The molecule has 1 aromatic carbocycles. The topological polar surface area (TPSA) is 97.4 Å². The number of carbonyl (C=O) groups is 2. The van der Waals surface area contributed by atoms with E-state index in [9.17, 15) is 9.59 Å². The number of halogens is 1. The Kier molecular flexibility index (Phi) is 5.81. The summed E-state index contributed by atoms with van der Waals surface area (Å²) in [5, 5.41) is 12.8. The highest BCUT2D eigenvalue weighted by Gasteiger charge is 2.26. The predicted molar refractivity (Wildman–Crippen MR) is 106 cm³/mol. The van der Waals surface area contributed by atoms with E-state index < -0.39 is 0 Å². The van der Waals surface area contributed by atoms with Gasteiger partial charge >= 0.3 is 0 Å². The van der Waals surface area contributed by atoms with Crippen LogP contribution in [-0.4, -0.2) is 73.8 Å². The number of piperazine rings is 1. The van der Waals surface area contributed by atoms with E-state index in [1.807, 2.05) is 0 Å². The molecule has 0 unspecified atom stereocenters. The maximum atomic E-state index is 12.6. The van der Waals surface area contributed by atoms with Gasteiger partial charge in [0.25, 0.3) is 5.91 Å². The summed E-state index contributed by atoms with van der Waals surface area (Å²) in [6.07, 6.45) is 1.47. The molecule has 9 nitrogen and oxygen atoms in total. The van der Waals surface area contributed by atoms with Gasteiger partial charge in [0.05, 0.1) is 17.7 Å². The van der Waals surface area contributed by atoms with E-state index in [4.69, 9.17) is 16.0 Å². The summed E-state index contributed by atoms with van der Waals surface area (Å²) in [4.78, 5) is 28.3. The number of benzene rings is 1. The first kappa shape index (κ1) is 19.5. The van der Waals surface area contributed by atoms with Gasteiger partial charge in [-0.15, -0.1) is 5.10 Å². The van der Waals surface area contributed by atoms with Gasteiger partial charge in [-0.2, -0.15) is 4.68 Å². The van der Waals surface area contributed by atoms with Crippen LogP contribution in [0.1, 0.15) is 10.6 Å². The standard InChI is InChI=1S/C18H17ClN6O3S/c19-13-3-5-14(6-4-13)25-18(20-21-22-25)29-12-16(26)23-7-9-24(10-8-23)17(27)15-2-1-11-28-15/h1-6,11H,7-10,12H2. The van der Waals surface area contributed by atoms with Gasteiger partial charge in [0.15, 0.2) is 5.76 Å². The van der Waals surface area contributed by atoms with Crippen molar-refractivity contribution < 1.29 is 14.0 Å². The van der Waals surface area contributed by atoms with Crippen LogP contribution in [0, 0.1) is 0 Å². The van der Waals surface area contributed by atoms with Crippen molar-refractivity contribution in [2.45, 2.75) is 5.16 Å². The lowest BCUT2D eigenvalue weighted by Gasteiger charge is -2.34. The van der Waals surface area contributed by atoms with Crippen molar-refractivity contribution in [3.05, 3.63) is 53.4 Å². The number of tetrazole rings is 1. The molecular formula is C18H17ClN6O3S. The zero-order valence-electron chi connectivity index (χ0n) is 15.3. The monoisotopic (exact) mass is 432 g/mol. The van der Waals surface area contributed by atoms with Crippen LogP contribution in [0.15, 0.2) is 52.2 Å². The number of nitrogens with zero attached hydrogens (tertiary/aromatic N) is 6. The van der Waals surface area contributed by atoms with Crippen LogP contribution < -0.4 is 0 Å². The summed E-state index contributed by atoms with van der Waals surface area (Å²) in [7, 11) is 0. The van der Waals surface area contributed by atoms with Crippen LogP contribution in [0.4, 0.5) is 0 Å². The molecule has 0 spiro atoms. The first-order chi connectivity index (χ1) is 14.1.